The first-order valence-corrected chi connectivity index (χ1v) is 8.72. The first kappa shape index (κ1) is 18.5. The molecule has 1 atom stereocenters. The highest BCUT2D eigenvalue weighted by Crippen LogP contribution is 2.45. The lowest BCUT2D eigenvalue weighted by Crippen LogP contribution is -2.44. The zero-order chi connectivity index (χ0) is 21.2. The number of ether oxygens (including phenoxy) is 1. The van der Waals surface area contributed by atoms with Crippen LogP contribution in [0.5, 0.6) is 17.5 Å². The van der Waals surface area contributed by atoms with Crippen LogP contribution in [0.4, 0.5) is 0 Å². The van der Waals surface area contributed by atoms with Crippen LogP contribution in [-0.2, 0) is 28.2 Å². The maximum Gasteiger partial charge on any atom is 0.333 e. The van der Waals surface area contributed by atoms with Gasteiger partial charge in [0.25, 0.3) is 11.1 Å². The topological polar surface area (TPSA) is 117 Å². The maximum atomic E-state index is 13.0. The molecule has 0 radical (unpaired) electrons. The van der Waals surface area contributed by atoms with Crippen molar-refractivity contribution in [2.45, 2.75) is 5.92 Å². The van der Waals surface area contributed by atoms with Crippen molar-refractivity contribution in [3.63, 3.8) is 0 Å². The maximum absolute atomic E-state index is 13.0. The van der Waals surface area contributed by atoms with E-state index in [0.717, 1.165) is 13.7 Å². The van der Waals surface area contributed by atoms with Crippen LogP contribution in [0.2, 0.25) is 0 Å². The average molecular weight is 398 g/mol. The van der Waals surface area contributed by atoms with Gasteiger partial charge in [-0.25, -0.2) is 9.59 Å². The summed E-state index contributed by atoms with van der Waals surface area (Å²) in [6.45, 7) is 0. The summed E-state index contributed by atoms with van der Waals surface area (Å²) < 4.78 is 9.70. The van der Waals surface area contributed by atoms with Gasteiger partial charge in [0, 0.05) is 33.8 Å². The normalized spacial score (nSPS) is 14.8. The molecule has 0 bridgehead atoms. The third kappa shape index (κ3) is 2.35. The average Bonchev–Trinajstić information content (AvgIpc) is 2.73. The lowest BCUT2D eigenvalue weighted by molar-refractivity contribution is 0.381. The third-order valence-corrected chi connectivity index (χ3v) is 5.33. The molecule has 10 nitrogen and oxygen atoms in total. The Hall–Kier alpha value is -3.82. The molecule has 0 saturated carbocycles. The summed E-state index contributed by atoms with van der Waals surface area (Å²) >= 11 is 0. The fraction of sp³-hybridized carbons (Fsp3) is 0.263. The monoisotopic (exact) mass is 398 g/mol. The number of nitrogens with zero attached hydrogens (tertiary/aromatic N) is 4. The van der Waals surface area contributed by atoms with Crippen molar-refractivity contribution in [2.24, 2.45) is 28.2 Å². The van der Waals surface area contributed by atoms with Crippen LogP contribution in [-0.4, -0.2) is 23.4 Å². The summed E-state index contributed by atoms with van der Waals surface area (Å²) in [6, 6.07) is 6.71. The Balaban J connectivity index is 2.24. The molecule has 1 N–H and O–H groups in total. The number of aromatic hydroxyl groups is 1. The van der Waals surface area contributed by atoms with Crippen molar-refractivity contribution in [1.29, 1.82) is 0 Å². The fourth-order valence-corrected chi connectivity index (χ4v) is 3.71. The van der Waals surface area contributed by atoms with Gasteiger partial charge in [0.15, 0.2) is 0 Å². The van der Waals surface area contributed by atoms with Crippen LogP contribution in [0.15, 0.2) is 43.4 Å². The molecule has 1 aromatic carbocycles. The molecule has 3 aromatic rings. The number of hydrogen-bond donors (Lipinski definition) is 1. The smallest absolute Gasteiger partial charge is 0.333 e. The highest BCUT2D eigenvalue weighted by Gasteiger charge is 2.38. The predicted octanol–water partition coefficient (Wildman–Crippen LogP) is -0.527. The van der Waals surface area contributed by atoms with Gasteiger partial charge < -0.3 is 9.84 Å². The van der Waals surface area contributed by atoms with Crippen LogP contribution < -0.4 is 27.2 Å². The second kappa shape index (κ2) is 6.09. The summed E-state index contributed by atoms with van der Waals surface area (Å²) in [6.07, 6.45) is 0. The number of hydrogen-bond acceptors (Lipinski definition) is 6. The summed E-state index contributed by atoms with van der Waals surface area (Å²) in [5.41, 5.74) is -2.36. The van der Waals surface area contributed by atoms with E-state index < -0.39 is 34.3 Å². The van der Waals surface area contributed by atoms with E-state index in [9.17, 15) is 24.3 Å². The van der Waals surface area contributed by atoms with E-state index in [1.54, 1.807) is 24.3 Å². The number of para-hydroxylation sites is 1. The zero-order valence-corrected chi connectivity index (χ0v) is 16.2. The predicted molar refractivity (Wildman–Crippen MR) is 103 cm³/mol. The number of rotatable bonds is 1. The van der Waals surface area contributed by atoms with Crippen LogP contribution >= 0.6 is 0 Å². The molecule has 0 spiro atoms. The van der Waals surface area contributed by atoms with Gasteiger partial charge in [-0.2, -0.15) is 0 Å². The molecule has 0 amide bonds. The van der Waals surface area contributed by atoms with Gasteiger partial charge in [-0.1, -0.05) is 18.2 Å². The van der Waals surface area contributed by atoms with Crippen LogP contribution in [0.1, 0.15) is 22.6 Å². The van der Waals surface area contributed by atoms with Crippen molar-refractivity contribution >= 4 is 0 Å². The van der Waals surface area contributed by atoms with Gasteiger partial charge in [-0.05, 0) is 6.07 Å². The highest BCUT2D eigenvalue weighted by molar-refractivity contribution is 5.57. The minimum absolute atomic E-state index is 0.0166. The van der Waals surface area contributed by atoms with Crippen LogP contribution in [0.25, 0.3) is 0 Å². The van der Waals surface area contributed by atoms with Gasteiger partial charge in [0.1, 0.15) is 5.75 Å². The van der Waals surface area contributed by atoms with E-state index in [-0.39, 0.29) is 17.0 Å². The van der Waals surface area contributed by atoms with E-state index >= 15 is 0 Å². The molecule has 3 heterocycles. The summed E-state index contributed by atoms with van der Waals surface area (Å²) in [4.78, 5) is 50.6. The van der Waals surface area contributed by atoms with Crippen LogP contribution in [0, 0.1) is 0 Å². The molecular weight excluding hydrogens is 380 g/mol. The van der Waals surface area contributed by atoms with Crippen molar-refractivity contribution in [1.82, 2.24) is 18.3 Å². The number of benzene rings is 1. The molecule has 29 heavy (non-hydrogen) atoms. The van der Waals surface area contributed by atoms with Gasteiger partial charge in [0.2, 0.25) is 11.8 Å². The zero-order valence-electron chi connectivity index (χ0n) is 16.2. The summed E-state index contributed by atoms with van der Waals surface area (Å²) in [5, 5.41) is 10.7. The molecular formula is C19H18N4O6. The van der Waals surface area contributed by atoms with E-state index in [4.69, 9.17) is 4.74 Å². The van der Waals surface area contributed by atoms with E-state index in [1.165, 1.54) is 32.8 Å². The molecule has 1 aliphatic heterocycles. The lowest BCUT2D eigenvalue weighted by atomic mass is 9.84. The molecule has 1 unspecified atom stereocenters. The molecule has 150 valence electrons. The van der Waals surface area contributed by atoms with Crippen molar-refractivity contribution in [3.05, 3.63) is 82.6 Å². The summed E-state index contributed by atoms with van der Waals surface area (Å²) in [7, 11) is 5.38. The molecule has 2 aromatic heterocycles. The van der Waals surface area contributed by atoms with Crippen LogP contribution in [0.3, 0.4) is 0 Å². The van der Waals surface area contributed by atoms with Crippen molar-refractivity contribution < 1.29 is 9.84 Å². The molecule has 0 aliphatic carbocycles. The second-order valence-electron chi connectivity index (χ2n) is 6.94. The second-order valence-corrected chi connectivity index (χ2v) is 6.94. The Morgan fingerprint density at radius 1 is 0.793 bits per heavy atom. The van der Waals surface area contributed by atoms with Crippen molar-refractivity contribution in [2.75, 3.05) is 0 Å². The Bertz CT molecular complexity index is 1390. The number of aromatic nitrogens is 4. The standard InChI is InChI=1S/C19H18N4O6/c1-20-14(24)12(15(25)21(2)18(20)27)11-9-7-5-6-8-10(9)29-17-13(11)16(26)22(3)19(28)23(17)4/h5-8,11,24H,1-4H3. The van der Waals surface area contributed by atoms with Crippen molar-refractivity contribution in [3.8, 4) is 17.5 Å². The minimum Gasteiger partial charge on any atom is -0.494 e. The van der Waals surface area contributed by atoms with Gasteiger partial charge in [-0.3, -0.25) is 27.9 Å². The molecule has 0 fully saturated rings. The Morgan fingerprint density at radius 3 is 2.00 bits per heavy atom. The fourth-order valence-electron chi connectivity index (χ4n) is 3.71. The largest absolute Gasteiger partial charge is 0.494 e. The Morgan fingerprint density at radius 2 is 1.34 bits per heavy atom. The van der Waals surface area contributed by atoms with Gasteiger partial charge >= 0.3 is 11.4 Å². The molecule has 0 saturated heterocycles. The van der Waals surface area contributed by atoms with E-state index in [1.807, 2.05) is 0 Å². The Kier molecular flexibility index (Phi) is 3.89. The summed E-state index contributed by atoms with van der Waals surface area (Å²) in [5.74, 6) is -1.27. The molecule has 1 aliphatic rings. The molecule has 4 rings (SSSR count). The van der Waals surface area contributed by atoms with E-state index in [2.05, 4.69) is 0 Å². The lowest BCUT2D eigenvalue weighted by Gasteiger charge is -2.29. The minimum atomic E-state index is -1.04. The third-order valence-electron chi connectivity index (χ3n) is 5.33. The van der Waals surface area contributed by atoms with E-state index in [0.29, 0.717) is 11.3 Å². The molecule has 10 heteroatoms. The number of fused-ring (bicyclic) bond motifs is 2. The van der Waals surface area contributed by atoms with Gasteiger partial charge in [0.05, 0.1) is 17.0 Å². The SMILES string of the molecule is Cn1c(O)c(C2c3ccccc3Oc3c2c(=O)n(C)c(=O)n3C)c(=O)n(C)c1=O. The first-order valence-electron chi connectivity index (χ1n) is 8.72. The quantitative estimate of drug-likeness (QED) is 0.461. The van der Waals surface area contributed by atoms with Gasteiger partial charge in [-0.15, -0.1) is 0 Å². The first-order chi connectivity index (χ1) is 13.7. The Labute approximate surface area is 163 Å². The highest BCUT2D eigenvalue weighted by atomic mass is 16.5.